The quantitative estimate of drug-likeness (QED) is 0.508. The zero-order valence-electron chi connectivity index (χ0n) is 11.1. The molecule has 0 bridgehead atoms. The number of carbonyl (C=O) groups excluding carboxylic acids is 1. The highest BCUT2D eigenvalue weighted by Crippen LogP contribution is 2.20. The Bertz CT molecular complexity index is 424. The maximum atomic E-state index is 13.4. The molecule has 0 saturated heterocycles. The van der Waals surface area contributed by atoms with Gasteiger partial charge in [0.05, 0.1) is 12.2 Å². The summed E-state index contributed by atoms with van der Waals surface area (Å²) in [4.78, 5) is 11.6. The molecule has 0 radical (unpaired) electrons. The number of halogens is 1. The van der Waals surface area contributed by atoms with Gasteiger partial charge >= 0.3 is 5.97 Å². The average molecular weight is 253 g/mol. The molecule has 2 N–H and O–H groups in total. The molecule has 0 amide bonds. The maximum Gasteiger partial charge on any atom is 0.341 e. The highest BCUT2D eigenvalue weighted by molar-refractivity contribution is 5.90. The van der Waals surface area contributed by atoms with Gasteiger partial charge in [0, 0.05) is 5.69 Å². The standard InChI is InChI=1S/C14H20FNO2/c1-14(2,3)7-4-8-18-13(17)11-6-5-10(16)9-12(11)15/h5-6,9H,4,7-8,16H2,1-3H3. The number of esters is 1. The fourth-order valence-electron chi connectivity index (χ4n) is 1.54. The number of carbonyl (C=O) groups is 1. The van der Waals surface area contributed by atoms with Gasteiger partial charge in [0.2, 0.25) is 0 Å². The minimum atomic E-state index is -0.643. The van der Waals surface area contributed by atoms with Crippen LogP contribution in [-0.2, 0) is 4.74 Å². The molecule has 1 aromatic carbocycles. The summed E-state index contributed by atoms with van der Waals surface area (Å²) in [6.07, 6.45) is 1.72. The van der Waals surface area contributed by atoms with Crippen molar-refractivity contribution >= 4 is 11.7 Å². The lowest BCUT2D eigenvalue weighted by molar-refractivity contribution is 0.0482. The first-order valence-electron chi connectivity index (χ1n) is 6.02. The first kappa shape index (κ1) is 14.5. The summed E-state index contributed by atoms with van der Waals surface area (Å²) >= 11 is 0. The molecule has 0 heterocycles. The molecule has 0 aromatic heterocycles. The number of benzene rings is 1. The van der Waals surface area contributed by atoms with Crippen molar-refractivity contribution in [3.05, 3.63) is 29.6 Å². The van der Waals surface area contributed by atoms with Crippen LogP contribution >= 0.6 is 0 Å². The van der Waals surface area contributed by atoms with Crippen molar-refractivity contribution in [2.75, 3.05) is 12.3 Å². The van der Waals surface area contributed by atoms with E-state index < -0.39 is 11.8 Å². The average Bonchev–Trinajstić information content (AvgIpc) is 2.22. The highest BCUT2D eigenvalue weighted by atomic mass is 19.1. The summed E-state index contributed by atoms with van der Waals surface area (Å²) < 4.78 is 18.4. The normalized spacial score (nSPS) is 11.3. The van der Waals surface area contributed by atoms with E-state index in [2.05, 4.69) is 20.8 Å². The van der Waals surface area contributed by atoms with Crippen molar-refractivity contribution in [2.24, 2.45) is 5.41 Å². The number of hydrogen-bond acceptors (Lipinski definition) is 3. The Morgan fingerprint density at radius 2 is 2.06 bits per heavy atom. The molecule has 1 rings (SSSR count). The number of rotatable bonds is 4. The van der Waals surface area contributed by atoms with Crippen LogP contribution in [0, 0.1) is 11.2 Å². The predicted octanol–water partition coefficient (Wildman–Crippen LogP) is 3.39. The Labute approximate surface area is 107 Å². The van der Waals surface area contributed by atoms with Gasteiger partial charge in [0.25, 0.3) is 0 Å². The molecule has 1 aromatic rings. The zero-order chi connectivity index (χ0) is 13.8. The fraction of sp³-hybridized carbons (Fsp3) is 0.500. The van der Waals surface area contributed by atoms with Gasteiger partial charge in [-0.15, -0.1) is 0 Å². The second kappa shape index (κ2) is 5.85. The smallest absolute Gasteiger partial charge is 0.341 e. The third-order valence-corrected chi connectivity index (χ3v) is 2.52. The second-order valence-electron chi connectivity index (χ2n) is 5.54. The van der Waals surface area contributed by atoms with Crippen LogP contribution in [0.2, 0.25) is 0 Å². The van der Waals surface area contributed by atoms with E-state index in [0.29, 0.717) is 6.61 Å². The summed E-state index contributed by atoms with van der Waals surface area (Å²) in [5.41, 5.74) is 5.83. The predicted molar refractivity (Wildman–Crippen MR) is 69.8 cm³/mol. The number of nitrogen functional groups attached to an aromatic ring is 1. The third kappa shape index (κ3) is 4.73. The topological polar surface area (TPSA) is 52.3 Å². The van der Waals surface area contributed by atoms with E-state index in [9.17, 15) is 9.18 Å². The van der Waals surface area contributed by atoms with Gasteiger partial charge in [0.15, 0.2) is 0 Å². The number of nitrogens with two attached hydrogens (primary N) is 1. The fourth-order valence-corrected chi connectivity index (χ4v) is 1.54. The molecule has 0 aliphatic carbocycles. The number of hydrogen-bond donors (Lipinski definition) is 1. The van der Waals surface area contributed by atoms with E-state index >= 15 is 0 Å². The second-order valence-corrected chi connectivity index (χ2v) is 5.54. The lowest BCUT2D eigenvalue weighted by atomic mass is 9.91. The maximum absolute atomic E-state index is 13.4. The minimum absolute atomic E-state index is 0.0695. The van der Waals surface area contributed by atoms with Gasteiger partial charge < -0.3 is 10.5 Å². The molecule has 0 unspecified atom stereocenters. The minimum Gasteiger partial charge on any atom is -0.462 e. The Morgan fingerprint density at radius 1 is 1.39 bits per heavy atom. The summed E-state index contributed by atoms with van der Waals surface area (Å²) in [5.74, 6) is -1.28. The lowest BCUT2D eigenvalue weighted by Crippen LogP contribution is -2.11. The number of anilines is 1. The van der Waals surface area contributed by atoms with E-state index in [0.717, 1.165) is 18.9 Å². The van der Waals surface area contributed by atoms with Gasteiger partial charge in [-0.25, -0.2) is 9.18 Å². The lowest BCUT2D eigenvalue weighted by Gasteiger charge is -2.17. The molecule has 100 valence electrons. The van der Waals surface area contributed by atoms with Gasteiger partial charge in [0.1, 0.15) is 5.82 Å². The number of ether oxygens (including phenoxy) is 1. The van der Waals surface area contributed by atoms with Crippen LogP contribution in [0.15, 0.2) is 18.2 Å². The SMILES string of the molecule is CC(C)(C)CCCOC(=O)c1ccc(N)cc1F. The molecule has 0 saturated carbocycles. The van der Waals surface area contributed by atoms with Crippen molar-refractivity contribution < 1.29 is 13.9 Å². The summed E-state index contributed by atoms with van der Waals surface area (Å²) in [6, 6.07) is 3.94. The van der Waals surface area contributed by atoms with Gasteiger partial charge in [-0.1, -0.05) is 20.8 Å². The molecule has 0 aliphatic heterocycles. The van der Waals surface area contributed by atoms with Gasteiger partial charge in [-0.3, -0.25) is 0 Å². The summed E-state index contributed by atoms with van der Waals surface area (Å²) in [5, 5.41) is 0. The Hall–Kier alpha value is -1.58. The molecule has 0 atom stereocenters. The molecule has 3 nitrogen and oxygen atoms in total. The van der Waals surface area contributed by atoms with E-state index in [1.807, 2.05) is 0 Å². The van der Waals surface area contributed by atoms with Crippen LogP contribution in [0.5, 0.6) is 0 Å². The molecule has 4 heteroatoms. The Balaban J connectivity index is 2.46. The van der Waals surface area contributed by atoms with E-state index in [1.165, 1.54) is 12.1 Å². The van der Waals surface area contributed by atoms with Crippen LogP contribution in [0.25, 0.3) is 0 Å². The molecule has 0 fully saturated rings. The molecule has 18 heavy (non-hydrogen) atoms. The van der Waals surface area contributed by atoms with Gasteiger partial charge in [-0.2, -0.15) is 0 Å². The van der Waals surface area contributed by atoms with E-state index in [4.69, 9.17) is 10.5 Å². The molecular formula is C14H20FNO2. The van der Waals surface area contributed by atoms with Crippen molar-refractivity contribution in [2.45, 2.75) is 33.6 Å². The summed E-state index contributed by atoms with van der Waals surface area (Å²) in [7, 11) is 0. The van der Waals surface area contributed by atoms with E-state index in [1.54, 1.807) is 0 Å². The first-order chi connectivity index (χ1) is 8.29. The largest absolute Gasteiger partial charge is 0.462 e. The third-order valence-electron chi connectivity index (χ3n) is 2.52. The zero-order valence-corrected chi connectivity index (χ0v) is 11.1. The van der Waals surface area contributed by atoms with Crippen molar-refractivity contribution in [1.29, 1.82) is 0 Å². The van der Waals surface area contributed by atoms with Crippen LogP contribution < -0.4 is 5.73 Å². The van der Waals surface area contributed by atoms with Crippen LogP contribution in [0.1, 0.15) is 44.0 Å². The molecular weight excluding hydrogens is 233 g/mol. The Morgan fingerprint density at radius 3 is 2.61 bits per heavy atom. The van der Waals surface area contributed by atoms with Gasteiger partial charge in [-0.05, 0) is 36.5 Å². The van der Waals surface area contributed by atoms with Crippen molar-refractivity contribution in [3.8, 4) is 0 Å². The van der Waals surface area contributed by atoms with Crippen molar-refractivity contribution in [1.82, 2.24) is 0 Å². The van der Waals surface area contributed by atoms with Crippen LogP contribution in [0.4, 0.5) is 10.1 Å². The highest BCUT2D eigenvalue weighted by Gasteiger charge is 2.14. The van der Waals surface area contributed by atoms with Crippen LogP contribution in [-0.4, -0.2) is 12.6 Å². The van der Waals surface area contributed by atoms with E-state index in [-0.39, 0.29) is 16.7 Å². The van der Waals surface area contributed by atoms with Crippen molar-refractivity contribution in [3.63, 3.8) is 0 Å². The molecule has 0 spiro atoms. The monoisotopic (exact) mass is 253 g/mol. The first-order valence-corrected chi connectivity index (χ1v) is 6.02. The van der Waals surface area contributed by atoms with Crippen LogP contribution in [0.3, 0.4) is 0 Å². The molecule has 0 aliphatic rings. The summed E-state index contributed by atoms with van der Waals surface area (Å²) in [6.45, 7) is 6.66. The Kier molecular flexibility index (Phi) is 4.70.